The molecule has 168 valence electrons. The number of piperazine rings is 1. The van der Waals surface area contributed by atoms with E-state index in [0.717, 1.165) is 49.7 Å². The Hall–Kier alpha value is -2.83. The minimum Gasteiger partial charge on any atom is -0.367 e. The van der Waals surface area contributed by atoms with Crippen molar-refractivity contribution in [1.29, 1.82) is 0 Å². The third-order valence-electron chi connectivity index (χ3n) is 6.21. The monoisotopic (exact) mass is 454 g/mol. The number of nitrogens with one attached hydrogen (secondary N) is 1. The Bertz CT molecular complexity index is 1090. The number of amides is 1. The summed E-state index contributed by atoms with van der Waals surface area (Å²) >= 11 is 5.91. The van der Waals surface area contributed by atoms with Crippen molar-refractivity contribution in [1.82, 2.24) is 14.8 Å². The maximum Gasteiger partial charge on any atom is 0.253 e. The van der Waals surface area contributed by atoms with Crippen LogP contribution in [0.5, 0.6) is 0 Å². The van der Waals surface area contributed by atoms with E-state index in [1.165, 1.54) is 0 Å². The van der Waals surface area contributed by atoms with Crippen molar-refractivity contribution >= 4 is 23.2 Å². The summed E-state index contributed by atoms with van der Waals surface area (Å²) in [6.07, 6.45) is 0. The van der Waals surface area contributed by atoms with Crippen LogP contribution in [0.25, 0.3) is 11.3 Å². The number of hydrogen-bond donors (Lipinski definition) is 1. The molecule has 5 nitrogen and oxygen atoms in total. The topological polar surface area (TPSA) is 40.5 Å². The lowest BCUT2D eigenvalue weighted by atomic mass is 10.1. The van der Waals surface area contributed by atoms with Crippen molar-refractivity contribution in [3.8, 4) is 11.3 Å². The molecule has 0 saturated carbocycles. The van der Waals surface area contributed by atoms with Crippen molar-refractivity contribution in [3.63, 3.8) is 0 Å². The third-order valence-corrected chi connectivity index (χ3v) is 6.50. The van der Waals surface area contributed by atoms with Crippen LogP contribution in [0.15, 0.2) is 54.6 Å². The number of anilines is 1. The molecular weight excluding hydrogens is 427 g/mol. The quantitative estimate of drug-likeness (QED) is 0.602. The highest BCUT2D eigenvalue weighted by Crippen LogP contribution is 2.27. The molecule has 1 aliphatic heterocycles. The fraction of sp³-hybridized carbons (Fsp3) is 0.320. The average molecular weight is 455 g/mol. The molecule has 0 unspecified atom stereocenters. The van der Waals surface area contributed by atoms with Gasteiger partial charge in [0.1, 0.15) is 0 Å². The van der Waals surface area contributed by atoms with Crippen LogP contribution in [0.3, 0.4) is 0 Å². The number of rotatable bonds is 6. The Balaban J connectivity index is 1.29. The molecule has 7 heteroatoms. The molecule has 1 N–H and O–H groups in total. The Kier molecular flexibility index (Phi) is 6.82. The first kappa shape index (κ1) is 22.4. The van der Waals surface area contributed by atoms with E-state index in [0.29, 0.717) is 17.8 Å². The Morgan fingerprint density at radius 2 is 1.78 bits per heavy atom. The van der Waals surface area contributed by atoms with E-state index in [4.69, 9.17) is 11.6 Å². The maximum absolute atomic E-state index is 14.3. The first-order valence-electron chi connectivity index (χ1n) is 10.9. The summed E-state index contributed by atoms with van der Waals surface area (Å²) in [5.74, 6) is -0.414. The molecule has 1 amide bonds. The summed E-state index contributed by atoms with van der Waals surface area (Å²) in [6.45, 7) is 6.37. The summed E-state index contributed by atoms with van der Waals surface area (Å²) in [6, 6.07) is 17.1. The fourth-order valence-corrected chi connectivity index (χ4v) is 4.36. The number of hydrogen-bond acceptors (Lipinski definition) is 3. The van der Waals surface area contributed by atoms with Gasteiger partial charge in [-0.2, -0.15) is 0 Å². The minimum absolute atomic E-state index is 0.0556. The number of carbonyl (C=O) groups excluding carboxylic acids is 1. The van der Waals surface area contributed by atoms with Crippen LogP contribution >= 0.6 is 11.6 Å². The zero-order chi connectivity index (χ0) is 22.7. The molecule has 0 radical (unpaired) electrons. The number of nitrogens with zero attached hydrogens (tertiary/aromatic N) is 3. The lowest BCUT2D eigenvalue weighted by molar-refractivity contribution is 0.0947. The standard InChI is InChI=1S/C25H28ClFN4O/c1-18-20(17-23(29(18)2)19-7-4-3-5-8-19)25(32)28-11-12-30-13-15-31(16-14-30)22-10-6-9-21(26)24(22)27/h3-10,17H,11-16H2,1-2H3,(H,28,32). The summed E-state index contributed by atoms with van der Waals surface area (Å²) in [4.78, 5) is 17.1. The molecule has 2 heterocycles. The largest absolute Gasteiger partial charge is 0.367 e. The number of halogens is 2. The van der Waals surface area contributed by atoms with Gasteiger partial charge in [0.2, 0.25) is 0 Å². The van der Waals surface area contributed by atoms with Gasteiger partial charge in [0.15, 0.2) is 5.82 Å². The lowest BCUT2D eigenvalue weighted by Crippen LogP contribution is -2.48. The molecule has 0 bridgehead atoms. The van der Waals surface area contributed by atoms with Gasteiger partial charge in [-0.1, -0.05) is 48.0 Å². The van der Waals surface area contributed by atoms with Gasteiger partial charge in [-0.05, 0) is 30.7 Å². The molecule has 2 aromatic carbocycles. The molecule has 0 atom stereocenters. The van der Waals surface area contributed by atoms with E-state index in [1.807, 2.05) is 55.3 Å². The van der Waals surface area contributed by atoms with Gasteiger partial charge >= 0.3 is 0 Å². The SMILES string of the molecule is Cc1c(C(=O)NCCN2CCN(c3cccc(Cl)c3F)CC2)cc(-c2ccccc2)n1C. The predicted molar refractivity (Wildman–Crippen MR) is 128 cm³/mol. The van der Waals surface area contributed by atoms with Crippen LogP contribution in [0.2, 0.25) is 5.02 Å². The van der Waals surface area contributed by atoms with Gasteiger partial charge in [0.25, 0.3) is 5.91 Å². The van der Waals surface area contributed by atoms with Crippen LogP contribution in [-0.4, -0.2) is 54.6 Å². The number of carbonyl (C=O) groups is 1. The summed E-state index contributed by atoms with van der Waals surface area (Å²) < 4.78 is 16.3. The third kappa shape index (κ3) is 4.66. The number of aromatic nitrogens is 1. The van der Waals surface area contributed by atoms with E-state index in [9.17, 15) is 9.18 Å². The molecule has 4 rings (SSSR count). The normalized spacial score (nSPS) is 14.6. The van der Waals surface area contributed by atoms with Gasteiger partial charge in [-0.3, -0.25) is 9.69 Å². The molecule has 1 fully saturated rings. The van der Waals surface area contributed by atoms with Crippen molar-refractivity contribution in [2.45, 2.75) is 6.92 Å². The van der Waals surface area contributed by atoms with Crippen LogP contribution in [0.4, 0.5) is 10.1 Å². The Morgan fingerprint density at radius 1 is 1.06 bits per heavy atom. The van der Waals surface area contributed by atoms with Gasteiger partial charge < -0.3 is 14.8 Å². The van der Waals surface area contributed by atoms with E-state index < -0.39 is 0 Å². The van der Waals surface area contributed by atoms with Gasteiger partial charge in [-0.25, -0.2) is 4.39 Å². The molecule has 3 aromatic rings. The van der Waals surface area contributed by atoms with Gasteiger partial charge in [0.05, 0.1) is 16.3 Å². The first-order valence-corrected chi connectivity index (χ1v) is 11.2. The van der Waals surface area contributed by atoms with Crippen molar-refractivity contribution in [2.24, 2.45) is 7.05 Å². The van der Waals surface area contributed by atoms with Gasteiger partial charge in [0, 0.05) is 57.7 Å². The predicted octanol–water partition coefficient (Wildman–Crippen LogP) is 4.35. The van der Waals surface area contributed by atoms with E-state index >= 15 is 0 Å². The Morgan fingerprint density at radius 3 is 2.50 bits per heavy atom. The molecule has 1 aromatic heterocycles. The molecule has 32 heavy (non-hydrogen) atoms. The van der Waals surface area contributed by atoms with E-state index in [1.54, 1.807) is 18.2 Å². The molecule has 0 aliphatic carbocycles. The maximum atomic E-state index is 14.3. The van der Waals surface area contributed by atoms with Gasteiger partial charge in [-0.15, -0.1) is 0 Å². The highest BCUT2D eigenvalue weighted by atomic mass is 35.5. The number of benzene rings is 2. The van der Waals surface area contributed by atoms with E-state index in [-0.39, 0.29) is 16.7 Å². The summed E-state index contributed by atoms with van der Waals surface area (Å²) in [5.41, 5.74) is 4.31. The molecule has 1 saturated heterocycles. The second-order valence-electron chi connectivity index (χ2n) is 8.11. The van der Waals surface area contributed by atoms with Crippen LogP contribution in [0, 0.1) is 12.7 Å². The van der Waals surface area contributed by atoms with Crippen molar-refractivity contribution in [2.75, 3.05) is 44.2 Å². The second kappa shape index (κ2) is 9.76. The zero-order valence-electron chi connectivity index (χ0n) is 18.4. The highest BCUT2D eigenvalue weighted by molar-refractivity contribution is 6.31. The summed E-state index contributed by atoms with van der Waals surface area (Å²) in [5, 5.41) is 3.21. The van der Waals surface area contributed by atoms with Crippen molar-refractivity contribution < 1.29 is 9.18 Å². The molecular formula is C25H28ClFN4O. The molecule has 1 aliphatic rings. The first-order chi connectivity index (χ1) is 15.5. The van der Waals surface area contributed by atoms with Crippen LogP contribution in [0.1, 0.15) is 16.1 Å². The fourth-order valence-electron chi connectivity index (χ4n) is 4.19. The summed E-state index contributed by atoms with van der Waals surface area (Å²) in [7, 11) is 1.98. The Labute approximate surface area is 193 Å². The average Bonchev–Trinajstić information content (AvgIpc) is 3.11. The van der Waals surface area contributed by atoms with Crippen LogP contribution < -0.4 is 10.2 Å². The molecule has 0 spiro atoms. The highest BCUT2D eigenvalue weighted by Gasteiger charge is 2.21. The second-order valence-corrected chi connectivity index (χ2v) is 8.52. The van der Waals surface area contributed by atoms with Crippen LogP contribution in [-0.2, 0) is 7.05 Å². The van der Waals surface area contributed by atoms with Crippen molar-refractivity contribution in [3.05, 3.63) is 76.7 Å². The lowest BCUT2D eigenvalue weighted by Gasteiger charge is -2.36. The van der Waals surface area contributed by atoms with E-state index in [2.05, 4.69) is 14.8 Å². The zero-order valence-corrected chi connectivity index (χ0v) is 19.2. The minimum atomic E-state index is -0.358. The smallest absolute Gasteiger partial charge is 0.253 e.